The van der Waals surface area contributed by atoms with E-state index in [4.69, 9.17) is 0 Å². The second-order valence-electron chi connectivity index (χ2n) is 4.49. The molecule has 0 radical (unpaired) electrons. The second kappa shape index (κ2) is 4.77. The van der Waals surface area contributed by atoms with Crippen LogP contribution in [0.3, 0.4) is 0 Å². The van der Waals surface area contributed by atoms with Crippen molar-refractivity contribution in [1.29, 1.82) is 0 Å². The van der Waals surface area contributed by atoms with Gasteiger partial charge in [0.25, 0.3) is 5.56 Å². The summed E-state index contributed by atoms with van der Waals surface area (Å²) < 4.78 is 40.4. The molecule has 0 saturated carbocycles. The minimum atomic E-state index is -4.43. The van der Waals surface area contributed by atoms with Gasteiger partial charge in [-0.15, -0.1) is 0 Å². The second-order valence-corrected chi connectivity index (χ2v) is 5.40. The Bertz CT molecular complexity index is 880. The van der Waals surface area contributed by atoms with Crippen molar-refractivity contribution in [3.63, 3.8) is 0 Å². The third-order valence-corrected chi connectivity index (χ3v) is 3.58. The molecule has 0 unspecified atom stereocenters. The molecule has 1 N–H and O–H groups in total. The number of alkyl halides is 3. The summed E-state index contributed by atoms with van der Waals surface area (Å²) in [5.74, 6) is 0. The number of hydrogen-bond donors (Lipinski definition) is 1. The number of rotatable bonds is 1. The Morgan fingerprint density at radius 1 is 1.10 bits per heavy atom. The summed E-state index contributed by atoms with van der Waals surface area (Å²) in [5, 5.41) is 2.95. The molecule has 0 atom stereocenters. The van der Waals surface area contributed by atoms with E-state index in [1.165, 1.54) is 16.8 Å². The van der Waals surface area contributed by atoms with Gasteiger partial charge in [-0.05, 0) is 36.4 Å². The highest BCUT2D eigenvalue weighted by molar-refractivity contribution is 9.10. The summed E-state index contributed by atoms with van der Waals surface area (Å²) in [6, 6.07) is 9.81. The maximum atomic E-state index is 12.8. The molecule has 3 aromatic rings. The molecule has 108 valence electrons. The fourth-order valence-corrected chi connectivity index (χ4v) is 2.49. The normalized spacial score (nSPS) is 12.0. The SMILES string of the molecule is O=c1[nH]n(-c2cccc(C(F)(F)F)c2)c2ccc(Br)cc12. The van der Waals surface area contributed by atoms with Crippen molar-refractivity contribution in [2.45, 2.75) is 6.18 Å². The largest absolute Gasteiger partial charge is 0.416 e. The van der Waals surface area contributed by atoms with Crippen LogP contribution in [0.25, 0.3) is 16.6 Å². The van der Waals surface area contributed by atoms with Crippen LogP contribution in [0, 0.1) is 0 Å². The van der Waals surface area contributed by atoms with E-state index < -0.39 is 11.7 Å². The van der Waals surface area contributed by atoms with Gasteiger partial charge in [0.15, 0.2) is 0 Å². The van der Waals surface area contributed by atoms with Gasteiger partial charge in [-0.25, -0.2) is 0 Å². The van der Waals surface area contributed by atoms with Crippen molar-refractivity contribution in [2.75, 3.05) is 0 Å². The van der Waals surface area contributed by atoms with E-state index >= 15 is 0 Å². The molecule has 21 heavy (non-hydrogen) atoms. The summed E-state index contributed by atoms with van der Waals surface area (Å²) in [6.07, 6.45) is -4.43. The standard InChI is InChI=1S/C14H8BrF3N2O/c15-9-4-5-12-11(7-9)13(21)19-20(12)10-3-1-2-8(6-10)14(16,17)18/h1-7H,(H,19,21). The lowest BCUT2D eigenvalue weighted by Crippen LogP contribution is -2.08. The van der Waals surface area contributed by atoms with Crippen molar-refractivity contribution < 1.29 is 13.2 Å². The van der Waals surface area contributed by atoms with E-state index in [-0.39, 0.29) is 11.2 Å². The lowest BCUT2D eigenvalue weighted by atomic mass is 10.2. The Labute approximate surface area is 125 Å². The van der Waals surface area contributed by atoms with Crippen LogP contribution in [-0.4, -0.2) is 9.78 Å². The zero-order chi connectivity index (χ0) is 15.2. The van der Waals surface area contributed by atoms with Gasteiger partial charge in [-0.3, -0.25) is 14.6 Å². The zero-order valence-electron chi connectivity index (χ0n) is 10.4. The maximum Gasteiger partial charge on any atom is 0.416 e. The summed E-state index contributed by atoms with van der Waals surface area (Å²) in [6.45, 7) is 0. The summed E-state index contributed by atoms with van der Waals surface area (Å²) >= 11 is 3.26. The molecule has 7 heteroatoms. The quantitative estimate of drug-likeness (QED) is 0.700. The van der Waals surface area contributed by atoms with Crippen LogP contribution >= 0.6 is 15.9 Å². The number of nitrogens with zero attached hydrogens (tertiary/aromatic N) is 1. The van der Waals surface area contributed by atoms with Gasteiger partial charge >= 0.3 is 6.18 Å². The van der Waals surface area contributed by atoms with Crippen LogP contribution in [-0.2, 0) is 6.18 Å². The molecule has 1 heterocycles. The molecule has 0 aliphatic heterocycles. The first-order valence-corrected chi connectivity index (χ1v) is 6.73. The topological polar surface area (TPSA) is 37.8 Å². The highest BCUT2D eigenvalue weighted by Gasteiger charge is 2.30. The average Bonchev–Trinajstić information content (AvgIpc) is 2.75. The lowest BCUT2D eigenvalue weighted by molar-refractivity contribution is -0.137. The number of fused-ring (bicyclic) bond motifs is 1. The molecule has 0 aliphatic rings. The number of benzene rings is 2. The third kappa shape index (κ3) is 2.49. The van der Waals surface area contributed by atoms with Gasteiger partial charge in [-0.1, -0.05) is 22.0 Å². The Balaban J connectivity index is 2.24. The van der Waals surface area contributed by atoms with E-state index in [1.54, 1.807) is 18.2 Å². The average molecular weight is 357 g/mol. The molecule has 1 aromatic heterocycles. The van der Waals surface area contributed by atoms with Crippen molar-refractivity contribution in [2.24, 2.45) is 0 Å². The van der Waals surface area contributed by atoms with Crippen LogP contribution < -0.4 is 5.56 Å². The minimum Gasteiger partial charge on any atom is -0.267 e. The maximum absolute atomic E-state index is 12.8. The number of aromatic amines is 1. The van der Waals surface area contributed by atoms with Crippen LogP contribution in [0.15, 0.2) is 51.7 Å². The smallest absolute Gasteiger partial charge is 0.267 e. The number of halogens is 4. The zero-order valence-corrected chi connectivity index (χ0v) is 12.0. The lowest BCUT2D eigenvalue weighted by Gasteiger charge is -2.10. The van der Waals surface area contributed by atoms with E-state index in [9.17, 15) is 18.0 Å². The summed E-state index contributed by atoms with van der Waals surface area (Å²) in [4.78, 5) is 11.9. The Kier molecular flexibility index (Phi) is 3.16. The highest BCUT2D eigenvalue weighted by Crippen LogP contribution is 2.30. The molecule has 3 rings (SSSR count). The number of H-pyrrole nitrogens is 1. The predicted molar refractivity (Wildman–Crippen MR) is 76.6 cm³/mol. The van der Waals surface area contributed by atoms with Gasteiger partial charge in [0, 0.05) is 4.47 Å². The molecule has 0 aliphatic carbocycles. The van der Waals surface area contributed by atoms with Crippen molar-refractivity contribution >= 4 is 26.8 Å². The van der Waals surface area contributed by atoms with Crippen LogP contribution in [0.1, 0.15) is 5.56 Å². The van der Waals surface area contributed by atoms with Crippen LogP contribution in [0.4, 0.5) is 13.2 Å². The van der Waals surface area contributed by atoms with E-state index in [1.807, 2.05) is 0 Å². The molecule has 0 fully saturated rings. The predicted octanol–water partition coefficient (Wildman–Crippen LogP) is 4.10. The van der Waals surface area contributed by atoms with E-state index in [2.05, 4.69) is 21.0 Å². The number of aromatic nitrogens is 2. The van der Waals surface area contributed by atoms with Gasteiger partial charge in [0.2, 0.25) is 0 Å². The minimum absolute atomic E-state index is 0.249. The molecule has 0 bridgehead atoms. The molecular weight excluding hydrogens is 349 g/mol. The van der Waals surface area contributed by atoms with E-state index in [0.717, 1.165) is 16.6 Å². The molecule has 0 amide bonds. The summed E-state index contributed by atoms with van der Waals surface area (Å²) in [7, 11) is 0. The van der Waals surface area contributed by atoms with Gasteiger partial charge in [0.05, 0.1) is 22.2 Å². The molecule has 3 nitrogen and oxygen atoms in total. The first-order valence-electron chi connectivity index (χ1n) is 5.94. The van der Waals surface area contributed by atoms with Gasteiger partial charge < -0.3 is 0 Å². The highest BCUT2D eigenvalue weighted by atomic mass is 79.9. The molecule has 0 saturated heterocycles. The van der Waals surface area contributed by atoms with Crippen molar-refractivity contribution in [3.8, 4) is 5.69 Å². The number of hydrogen-bond acceptors (Lipinski definition) is 1. The van der Waals surface area contributed by atoms with Crippen molar-refractivity contribution in [3.05, 3.63) is 62.9 Å². The van der Waals surface area contributed by atoms with E-state index in [0.29, 0.717) is 10.9 Å². The summed E-state index contributed by atoms with van der Waals surface area (Å²) in [5.41, 5.74) is -0.356. The molecule has 0 spiro atoms. The third-order valence-electron chi connectivity index (χ3n) is 3.09. The first kappa shape index (κ1) is 13.9. The molecule has 2 aromatic carbocycles. The Morgan fingerprint density at radius 3 is 2.57 bits per heavy atom. The fraction of sp³-hybridized carbons (Fsp3) is 0.0714. The van der Waals surface area contributed by atoms with Crippen LogP contribution in [0.5, 0.6) is 0 Å². The monoisotopic (exact) mass is 356 g/mol. The number of nitrogens with one attached hydrogen (secondary N) is 1. The van der Waals surface area contributed by atoms with Gasteiger partial charge in [-0.2, -0.15) is 13.2 Å². The fourth-order valence-electron chi connectivity index (χ4n) is 2.13. The van der Waals surface area contributed by atoms with Crippen molar-refractivity contribution in [1.82, 2.24) is 9.78 Å². The Hall–Kier alpha value is -2.02. The van der Waals surface area contributed by atoms with Crippen LogP contribution in [0.2, 0.25) is 0 Å². The first-order chi connectivity index (χ1) is 9.86. The molecular formula is C14H8BrF3N2O. The Morgan fingerprint density at radius 2 is 1.86 bits per heavy atom. The van der Waals surface area contributed by atoms with Gasteiger partial charge in [0.1, 0.15) is 0 Å².